The van der Waals surface area contributed by atoms with Crippen LogP contribution in [0.2, 0.25) is 0 Å². The number of nitrogens with zero attached hydrogens (tertiary/aromatic N) is 2. The normalized spacial score (nSPS) is 16.7. The molecule has 25 heavy (non-hydrogen) atoms. The third-order valence-corrected chi connectivity index (χ3v) is 4.78. The van der Waals surface area contributed by atoms with E-state index in [1.807, 2.05) is 22.9 Å². The number of benzene rings is 1. The molecule has 1 aliphatic rings. The first kappa shape index (κ1) is 17.7. The summed E-state index contributed by atoms with van der Waals surface area (Å²) in [5, 5.41) is 11.0. The maximum atomic E-state index is 12.3. The lowest BCUT2D eigenvalue weighted by Crippen LogP contribution is -2.37. The van der Waals surface area contributed by atoms with Crippen LogP contribution in [0, 0.1) is 5.92 Å². The van der Waals surface area contributed by atoms with Crippen LogP contribution in [0.15, 0.2) is 30.3 Å². The van der Waals surface area contributed by atoms with E-state index in [0.717, 1.165) is 31.4 Å². The van der Waals surface area contributed by atoms with Gasteiger partial charge < -0.3 is 10.6 Å². The number of carbonyl (C=O) groups excluding carboxylic acids is 1. The molecule has 0 radical (unpaired) electrons. The Kier molecular flexibility index (Phi) is 5.53. The summed E-state index contributed by atoms with van der Waals surface area (Å²) in [5.41, 5.74) is 4.12. The third kappa shape index (κ3) is 4.10. The number of hydrogen-bond acceptors (Lipinski definition) is 3. The Labute approximate surface area is 149 Å². The smallest absolute Gasteiger partial charge is 0.271 e. The third-order valence-electron chi connectivity index (χ3n) is 4.78. The van der Waals surface area contributed by atoms with E-state index in [2.05, 4.69) is 41.7 Å². The molecule has 1 atom stereocenters. The van der Waals surface area contributed by atoms with Gasteiger partial charge in [0.2, 0.25) is 0 Å². The second-order valence-corrected chi connectivity index (χ2v) is 7.24. The van der Waals surface area contributed by atoms with E-state index in [1.165, 1.54) is 11.3 Å². The molecule has 134 valence electrons. The molecule has 1 aromatic heterocycles. The molecule has 0 fully saturated rings. The van der Waals surface area contributed by atoms with Crippen molar-refractivity contribution in [1.82, 2.24) is 20.4 Å². The molecule has 5 heteroatoms. The molecule has 0 saturated carbocycles. The fraction of sp³-hybridized carbons (Fsp3) is 0.500. The Hall–Kier alpha value is -2.14. The van der Waals surface area contributed by atoms with Crippen molar-refractivity contribution in [1.29, 1.82) is 0 Å². The molecule has 5 nitrogen and oxygen atoms in total. The van der Waals surface area contributed by atoms with Gasteiger partial charge >= 0.3 is 0 Å². The zero-order valence-corrected chi connectivity index (χ0v) is 15.4. The molecular formula is C20H28N4O. The fourth-order valence-corrected chi connectivity index (χ4v) is 3.45. The van der Waals surface area contributed by atoms with E-state index in [9.17, 15) is 4.79 Å². The quantitative estimate of drug-likeness (QED) is 0.849. The van der Waals surface area contributed by atoms with Crippen LogP contribution in [0.25, 0.3) is 0 Å². The number of carbonyl (C=O) groups is 1. The summed E-state index contributed by atoms with van der Waals surface area (Å²) in [5.74, 6) is 0.535. The average molecular weight is 340 g/mol. The molecule has 0 bridgehead atoms. The molecule has 1 heterocycles. The number of fused-ring (bicyclic) bond motifs is 1. The fourth-order valence-electron chi connectivity index (χ4n) is 3.45. The zero-order valence-electron chi connectivity index (χ0n) is 15.4. The van der Waals surface area contributed by atoms with Gasteiger partial charge in [-0.05, 0) is 37.3 Å². The number of nitrogens with one attached hydrogen (secondary N) is 2. The Morgan fingerprint density at radius 1 is 1.32 bits per heavy atom. The average Bonchev–Trinajstić information content (AvgIpc) is 2.98. The van der Waals surface area contributed by atoms with Crippen molar-refractivity contribution < 1.29 is 4.79 Å². The largest absolute Gasteiger partial charge is 0.354 e. The summed E-state index contributed by atoms with van der Waals surface area (Å²) in [4.78, 5) is 12.3. The lowest BCUT2D eigenvalue weighted by atomic mass is 9.91. The Morgan fingerprint density at radius 2 is 2.08 bits per heavy atom. The molecule has 1 aromatic carbocycles. The first-order valence-electron chi connectivity index (χ1n) is 9.16. The van der Waals surface area contributed by atoms with Crippen molar-refractivity contribution in [2.45, 2.75) is 45.7 Å². The van der Waals surface area contributed by atoms with Crippen LogP contribution in [0.4, 0.5) is 0 Å². The number of hydrogen-bond donors (Lipinski definition) is 2. The summed E-state index contributed by atoms with van der Waals surface area (Å²) < 4.78 is 2.02. The van der Waals surface area contributed by atoms with Gasteiger partial charge in [0.1, 0.15) is 0 Å². The van der Waals surface area contributed by atoms with Gasteiger partial charge in [0, 0.05) is 24.3 Å². The molecule has 2 N–H and O–H groups in total. The topological polar surface area (TPSA) is 59.0 Å². The highest BCUT2D eigenvalue weighted by molar-refractivity contribution is 5.93. The predicted molar refractivity (Wildman–Crippen MR) is 99.8 cm³/mol. The van der Waals surface area contributed by atoms with E-state index in [1.54, 1.807) is 7.05 Å². The summed E-state index contributed by atoms with van der Waals surface area (Å²) in [7, 11) is 1.67. The zero-order chi connectivity index (χ0) is 17.8. The summed E-state index contributed by atoms with van der Waals surface area (Å²) in [6, 6.07) is 10.7. The van der Waals surface area contributed by atoms with Gasteiger partial charge in [-0.15, -0.1) is 0 Å². The highest BCUT2D eigenvalue weighted by atomic mass is 16.1. The summed E-state index contributed by atoms with van der Waals surface area (Å²) in [6.45, 7) is 6.15. The molecule has 2 aromatic rings. The van der Waals surface area contributed by atoms with E-state index >= 15 is 0 Å². The van der Waals surface area contributed by atoms with Crippen LogP contribution in [-0.4, -0.2) is 35.3 Å². The monoisotopic (exact) mass is 340 g/mol. The van der Waals surface area contributed by atoms with E-state index < -0.39 is 0 Å². The van der Waals surface area contributed by atoms with Gasteiger partial charge in [-0.1, -0.05) is 44.2 Å². The molecule has 0 spiro atoms. The first-order chi connectivity index (χ1) is 12.1. The minimum Gasteiger partial charge on any atom is -0.354 e. The van der Waals surface area contributed by atoms with Crippen molar-refractivity contribution in [2.24, 2.45) is 5.92 Å². The van der Waals surface area contributed by atoms with Crippen LogP contribution in [0.1, 0.15) is 47.6 Å². The van der Waals surface area contributed by atoms with Crippen LogP contribution in [0.3, 0.4) is 0 Å². The van der Waals surface area contributed by atoms with Crippen molar-refractivity contribution in [2.75, 3.05) is 13.6 Å². The van der Waals surface area contributed by atoms with Crippen LogP contribution >= 0.6 is 0 Å². The van der Waals surface area contributed by atoms with E-state index in [-0.39, 0.29) is 5.91 Å². The molecule has 1 aliphatic carbocycles. The predicted octanol–water partition coefficient (Wildman–Crippen LogP) is 2.39. The lowest BCUT2D eigenvalue weighted by molar-refractivity contribution is 0.0956. The van der Waals surface area contributed by atoms with Crippen LogP contribution in [-0.2, 0) is 19.4 Å². The van der Waals surface area contributed by atoms with Gasteiger partial charge in [-0.3, -0.25) is 9.48 Å². The van der Waals surface area contributed by atoms with E-state index in [0.29, 0.717) is 24.2 Å². The standard InChI is InChI=1S/C20H28N4O/c1-14(2)12-22-16-9-10-18-17(11-16)19(20(25)21-3)23-24(18)13-15-7-5-4-6-8-15/h4-8,14,16,22H,9-13H2,1-3H3,(H,21,25)/t16-/m0/s1. The second kappa shape index (κ2) is 7.83. The molecule has 3 rings (SSSR count). The minimum atomic E-state index is -0.0902. The van der Waals surface area contributed by atoms with Gasteiger partial charge in [0.25, 0.3) is 5.91 Å². The molecule has 0 saturated heterocycles. The van der Waals surface area contributed by atoms with Gasteiger partial charge in [0.05, 0.1) is 6.54 Å². The van der Waals surface area contributed by atoms with Gasteiger partial charge in [0.15, 0.2) is 5.69 Å². The Balaban J connectivity index is 1.86. The molecular weight excluding hydrogens is 312 g/mol. The lowest BCUT2D eigenvalue weighted by Gasteiger charge is -2.25. The van der Waals surface area contributed by atoms with Gasteiger partial charge in [-0.2, -0.15) is 5.10 Å². The first-order valence-corrected chi connectivity index (χ1v) is 9.16. The van der Waals surface area contributed by atoms with E-state index in [4.69, 9.17) is 0 Å². The van der Waals surface area contributed by atoms with Gasteiger partial charge in [-0.25, -0.2) is 0 Å². The SMILES string of the molecule is CNC(=O)c1nn(Cc2ccccc2)c2c1C[C@@H](NCC(C)C)CC2. The Morgan fingerprint density at radius 3 is 2.76 bits per heavy atom. The minimum absolute atomic E-state index is 0.0902. The van der Waals surface area contributed by atoms with Crippen molar-refractivity contribution >= 4 is 5.91 Å². The molecule has 0 aliphatic heterocycles. The second-order valence-electron chi connectivity index (χ2n) is 7.24. The maximum Gasteiger partial charge on any atom is 0.271 e. The Bertz CT molecular complexity index is 721. The van der Waals surface area contributed by atoms with Crippen LogP contribution in [0.5, 0.6) is 0 Å². The number of amides is 1. The highest BCUT2D eigenvalue weighted by Crippen LogP contribution is 2.26. The summed E-state index contributed by atoms with van der Waals surface area (Å²) in [6.07, 6.45) is 2.93. The maximum absolute atomic E-state index is 12.3. The number of rotatable bonds is 6. The number of aromatic nitrogens is 2. The molecule has 0 unspecified atom stereocenters. The van der Waals surface area contributed by atoms with Crippen molar-refractivity contribution in [3.05, 3.63) is 52.8 Å². The van der Waals surface area contributed by atoms with Crippen molar-refractivity contribution in [3.63, 3.8) is 0 Å². The molecule has 1 amide bonds. The van der Waals surface area contributed by atoms with Crippen LogP contribution < -0.4 is 10.6 Å². The summed E-state index contributed by atoms with van der Waals surface area (Å²) >= 11 is 0. The van der Waals surface area contributed by atoms with Crippen molar-refractivity contribution in [3.8, 4) is 0 Å². The highest BCUT2D eigenvalue weighted by Gasteiger charge is 2.28.